The van der Waals surface area contributed by atoms with Gasteiger partial charge in [-0.15, -0.1) is 0 Å². The summed E-state index contributed by atoms with van der Waals surface area (Å²) in [7, 11) is -2.87. The fraction of sp³-hybridized carbons (Fsp3) is 0.875. The van der Waals surface area contributed by atoms with E-state index in [-0.39, 0.29) is 35.2 Å². The first-order chi connectivity index (χ1) is 10.8. The number of carboxylic acids is 1. The summed E-state index contributed by atoms with van der Waals surface area (Å²) < 4.78 is 22.9. The van der Waals surface area contributed by atoms with Gasteiger partial charge in [-0.25, -0.2) is 8.42 Å². The van der Waals surface area contributed by atoms with E-state index >= 15 is 0 Å². The van der Waals surface area contributed by atoms with Crippen LogP contribution >= 0.6 is 0 Å². The van der Waals surface area contributed by atoms with E-state index in [1.54, 1.807) is 0 Å². The predicted octanol–water partition coefficient (Wildman–Crippen LogP) is 1.74. The molecule has 1 aliphatic carbocycles. The molecule has 23 heavy (non-hydrogen) atoms. The zero-order chi connectivity index (χ0) is 16.9. The second-order valence-electron chi connectivity index (χ2n) is 6.97. The number of hydrogen-bond acceptors (Lipinski definition) is 4. The summed E-state index contributed by atoms with van der Waals surface area (Å²) in [6, 6.07) is 0. The molecule has 1 unspecified atom stereocenters. The van der Waals surface area contributed by atoms with Gasteiger partial charge in [0.05, 0.1) is 11.5 Å². The quantitative estimate of drug-likeness (QED) is 0.620. The van der Waals surface area contributed by atoms with Crippen LogP contribution in [0.3, 0.4) is 0 Å². The smallest absolute Gasteiger partial charge is 0.303 e. The van der Waals surface area contributed by atoms with E-state index in [4.69, 9.17) is 5.11 Å². The van der Waals surface area contributed by atoms with Crippen LogP contribution in [0.25, 0.3) is 0 Å². The minimum atomic E-state index is -2.87. The van der Waals surface area contributed by atoms with Gasteiger partial charge in [0.15, 0.2) is 0 Å². The summed E-state index contributed by atoms with van der Waals surface area (Å²) in [5, 5.41) is 11.5. The van der Waals surface area contributed by atoms with Crippen molar-refractivity contribution in [1.82, 2.24) is 5.32 Å². The second-order valence-corrected chi connectivity index (χ2v) is 9.28. The van der Waals surface area contributed by atoms with Gasteiger partial charge in [0.25, 0.3) is 0 Å². The normalized spacial score (nSPS) is 24.3. The number of carbonyl (C=O) groups is 2. The Kier molecular flexibility index (Phi) is 6.06. The summed E-state index contributed by atoms with van der Waals surface area (Å²) in [4.78, 5) is 22.5. The molecule has 6 nitrogen and oxygen atoms in total. The molecule has 0 bridgehead atoms. The Morgan fingerprint density at radius 3 is 2.30 bits per heavy atom. The fourth-order valence-electron chi connectivity index (χ4n) is 3.48. The molecule has 0 aromatic heterocycles. The number of hydrogen-bond donors (Lipinski definition) is 2. The molecule has 1 amide bonds. The molecule has 0 aromatic rings. The standard InChI is InChI=1S/C16H27NO5S/c18-14(19)6-4-2-1-3-5-9-17-15(20)13-12-16(13)7-10-23(21,22)11-8-16/h13H,1-12H2,(H,17,20)(H,18,19). The van der Waals surface area contributed by atoms with Crippen molar-refractivity contribution in [3.05, 3.63) is 0 Å². The van der Waals surface area contributed by atoms with Crippen LogP contribution in [0.1, 0.15) is 57.8 Å². The van der Waals surface area contributed by atoms with Gasteiger partial charge in [0, 0.05) is 18.9 Å². The zero-order valence-electron chi connectivity index (χ0n) is 13.6. The molecule has 1 saturated carbocycles. The van der Waals surface area contributed by atoms with Crippen molar-refractivity contribution < 1.29 is 23.1 Å². The molecule has 132 valence electrons. The number of nitrogens with one attached hydrogen (secondary N) is 1. The molecular weight excluding hydrogens is 318 g/mol. The van der Waals surface area contributed by atoms with E-state index in [9.17, 15) is 18.0 Å². The first-order valence-electron chi connectivity index (χ1n) is 8.55. The number of unbranched alkanes of at least 4 members (excludes halogenated alkanes) is 4. The Balaban J connectivity index is 1.53. The van der Waals surface area contributed by atoms with Crippen LogP contribution in [0.15, 0.2) is 0 Å². The average Bonchev–Trinajstić information content (AvgIpc) is 3.20. The molecule has 1 saturated heterocycles. The number of carbonyl (C=O) groups excluding carboxylic acids is 1. The Morgan fingerprint density at radius 2 is 1.65 bits per heavy atom. The van der Waals surface area contributed by atoms with Gasteiger partial charge in [0.1, 0.15) is 9.84 Å². The van der Waals surface area contributed by atoms with Crippen molar-refractivity contribution >= 4 is 21.7 Å². The lowest BCUT2D eigenvalue weighted by Crippen LogP contribution is -2.32. The highest BCUT2D eigenvalue weighted by molar-refractivity contribution is 7.91. The Hall–Kier alpha value is -1.11. The molecule has 0 aromatic carbocycles. The second kappa shape index (κ2) is 7.64. The highest BCUT2D eigenvalue weighted by Crippen LogP contribution is 2.59. The van der Waals surface area contributed by atoms with Gasteiger partial charge in [-0.1, -0.05) is 19.3 Å². The van der Waals surface area contributed by atoms with E-state index in [1.165, 1.54) is 0 Å². The lowest BCUT2D eigenvalue weighted by molar-refractivity contribution is -0.137. The van der Waals surface area contributed by atoms with Crippen LogP contribution < -0.4 is 5.32 Å². The summed E-state index contributed by atoms with van der Waals surface area (Å²) in [6.07, 6.45) is 6.87. The minimum absolute atomic E-state index is 0.00793. The molecule has 1 spiro atoms. The lowest BCUT2D eigenvalue weighted by Gasteiger charge is -2.22. The lowest BCUT2D eigenvalue weighted by atomic mass is 9.96. The number of rotatable bonds is 9. The monoisotopic (exact) mass is 345 g/mol. The van der Waals surface area contributed by atoms with Crippen molar-refractivity contribution in [3.8, 4) is 0 Å². The summed E-state index contributed by atoms with van der Waals surface area (Å²) >= 11 is 0. The molecule has 2 N–H and O–H groups in total. The number of carboxylic acid groups (broad SMARTS) is 1. The topological polar surface area (TPSA) is 101 Å². The van der Waals surface area contributed by atoms with Gasteiger partial charge in [0.2, 0.25) is 5.91 Å². The largest absolute Gasteiger partial charge is 0.481 e. The van der Waals surface area contributed by atoms with Crippen LogP contribution in [0.5, 0.6) is 0 Å². The summed E-state index contributed by atoms with van der Waals surface area (Å²) in [5.41, 5.74) is -0.0355. The zero-order valence-corrected chi connectivity index (χ0v) is 14.4. The fourth-order valence-corrected chi connectivity index (χ4v) is 5.12. The molecule has 2 rings (SSSR count). The highest BCUT2D eigenvalue weighted by atomic mass is 32.2. The van der Waals surface area contributed by atoms with Gasteiger partial charge in [-0.05, 0) is 37.5 Å². The van der Waals surface area contributed by atoms with Crippen molar-refractivity contribution in [2.45, 2.75) is 57.8 Å². The number of amides is 1. The Labute approximate surface area is 137 Å². The molecule has 2 fully saturated rings. The third kappa shape index (κ3) is 5.48. The van der Waals surface area contributed by atoms with Crippen LogP contribution in [0.2, 0.25) is 0 Å². The summed E-state index contributed by atoms with van der Waals surface area (Å²) in [6.45, 7) is 0.655. The molecule has 7 heteroatoms. The molecule has 1 heterocycles. The summed E-state index contributed by atoms with van der Waals surface area (Å²) in [5.74, 6) is -0.199. The van der Waals surface area contributed by atoms with Crippen molar-refractivity contribution in [1.29, 1.82) is 0 Å². The maximum Gasteiger partial charge on any atom is 0.303 e. The van der Waals surface area contributed by atoms with Crippen LogP contribution in [-0.4, -0.2) is 43.5 Å². The van der Waals surface area contributed by atoms with Gasteiger partial charge in [-0.2, -0.15) is 0 Å². The van der Waals surface area contributed by atoms with Crippen LogP contribution in [0.4, 0.5) is 0 Å². The minimum Gasteiger partial charge on any atom is -0.481 e. The maximum atomic E-state index is 12.1. The van der Waals surface area contributed by atoms with Crippen molar-refractivity contribution in [2.24, 2.45) is 11.3 Å². The molecule has 1 aliphatic heterocycles. The molecular formula is C16H27NO5S. The average molecular weight is 345 g/mol. The van der Waals surface area contributed by atoms with E-state index in [1.807, 2.05) is 0 Å². The molecule has 0 radical (unpaired) electrons. The van der Waals surface area contributed by atoms with Gasteiger partial charge < -0.3 is 10.4 Å². The Bertz CT molecular complexity index is 529. The highest BCUT2D eigenvalue weighted by Gasteiger charge is 2.59. The number of aliphatic carboxylic acids is 1. The van der Waals surface area contributed by atoms with E-state index in [0.717, 1.165) is 38.5 Å². The Morgan fingerprint density at radius 1 is 1.04 bits per heavy atom. The predicted molar refractivity (Wildman–Crippen MR) is 86.8 cm³/mol. The van der Waals surface area contributed by atoms with E-state index in [2.05, 4.69) is 5.32 Å². The maximum absolute atomic E-state index is 12.1. The third-order valence-corrected chi connectivity index (χ3v) is 6.85. The van der Waals surface area contributed by atoms with Crippen molar-refractivity contribution in [2.75, 3.05) is 18.1 Å². The van der Waals surface area contributed by atoms with Crippen LogP contribution in [-0.2, 0) is 19.4 Å². The number of sulfone groups is 1. The van der Waals surface area contributed by atoms with Crippen LogP contribution in [0, 0.1) is 11.3 Å². The van der Waals surface area contributed by atoms with Crippen molar-refractivity contribution in [3.63, 3.8) is 0 Å². The van der Waals surface area contributed by atoms with E-state index in [0.29, 0.717) is 19.4 Å². The van der Waals surface area contributed by atoms with Gasteiger partial charge in [-0.3, -0.25) is 9.59 Å². The van der Waals surface area contributed by atoms with E-state index < -0.39 is 15.8 Å². The third-order valence-electron chi connectivity index (χ3n) is 5.19. The molecule has 2 aliphatic rings. The first-order valence-corrected chi connectivity index (χ1v) is 10.4. The SMILES string of the molecule is O=C(O)CCCCCCCNC(=O)C1CC12CCS(=O)(=O)CC2. The first kappa shape index (κ1) is 18.2. The van der Waals surface area contributed by atoms with Gasteiger partial charge >= 0.3 is 5.97 Å². The molecule has 1 atom stereocenters.